The van der Waals surface area contributed by atoms with Crippen LogP contribution in [0, 0.1) is 5.82 Å². The number of aromatic amines is 1. The maximum Gasteiger partial charge on any atom is 0.326 e. The van der Waals surface area contributed by atoms with Gasteiger partial charge in [0.05, 0.1) is 23.7 Å². The van der Waals surface area contributed by atoms with Gasteiger partial charge in [-0.05, 0) is 24.6 Å². The summed E-state index contributed by atoms with van der Waals surface area (Å²) in [5.41, 5.74) is 1.08. The van der Waals surface area contributed by atoms with Gasteiger partial charge in [-0.2, -0.15) is 0 Å². The second kappa shape index (κ2) is 3.45. The summed E-state index contributed by atoms with van der Waals surface area (Å²) in [6, 6.07) is 4.32. The van der Waals surface area contributed by atoms with Gasteiger partial charge in [-0.3, -0.25) is 4.57 Å². The molecule has 1 unspecified atom stereocenters. The van der Waals surface area contributed by atoms with Crippen molar-refractivity contribution in [1.82, 2.24) is 9.55 Å². The maximum absolute atomic E-state index is 13.2. The van der Waals surface area contributed by atoms with Crippen molar-refractivity contribution in [2.75, 3.05) is 13.2 Å². The van der Waals surface area contributed by atoms with E-state index in [1.807, 2.05) is 0 Å². The summed E-state index contributed by atoms with van der Waals surface area (Å²) in [5, 5.41) is 0. The second-order valence-corrected chi connectivity index (χ2v) is 3.98. The van der Waals surface area contributed by atoms with Crippen LogP contribution in [-0.2, 0) is 4.74 Å². The number of fused-ring (bicyclic) bond motifs is 1. The Balaban J connectivity index is 2.25. The average Bonchev–Trinajstić information content (AvgIpc) is 2.83. The van der Waals surface area contributed by atoms with Gasteiger partial charge in [0.15, 0.2) is 0 Å². The van der Waals surface area contributed by atoms with Crippen molar-refractivity contribution in [3.05, 3.63) is 34.5 Å². The van der Waals surface area contributed by atoms with Crippen molar-refractivity contribution < 1.29 is 9.13 Å². The molecule has 1 aliphatic heterocycles. The summed E-state index contributed by atoms with van der Waals surface area (Å²) in [7, 11) is 0. The number of rotatable bonds is 1. The third-order valence-corrected chi connectivity index (χ3v) is 2.95. The quantitative estimate of drug-likeness (QED) is 0.793. The van der Waals surface area contributed by atoms with Crippen LogP contribution in [0.4, 0.5) is 4.39 Å². The number of ether oxygens (including phenoxy) is 1. The lowest BCUT2D eigenvalue weighted by Gasteiger charge is -2.09. The molecule has 0 amide bonds. The fourth-order valence-corrected chi connectivity index (χ4v) is 2.18. The third kappa shape index (κ3) is 1.36. The number of benzene rings is 1. The third-order valence-electron chi connectivity index (χ3n) is 2.95. The van der Waals surface area contributed by atoms with Crippen LogP contribution in [0.25, 0.3) is 11.0 Å². The summed E-state index contributed by atoms with van der Waals surface area (Å²) >= 11 is 0. The van der Waals surface area contributed by atoms with Gasteiger partial charge in [-0.25, -0.2) is 9.18 Å². The number of nitrogens with one attached hydrogen (secondary N) is 1. The lowest BCUT2D eigenvalue weighted by molar-refractivity contribution is 0.186. The molecule has 84 valence electrons. The Morgan fingerprint density at radius 3 is 3.12 bits per heavy atom. The number of nitrogens with zero attached hydrogens (tertiary/aromatic N) is 1. The molecule has 2 aromatic rings. The van der Waals surface area contributed by atoms with E-state index in [2.05, 4.69) is 4.98 Å². The van der Waals surface area contributed by atoms with E-state index in [9.17, 15) is 9.18 Å². The Labute approximate surface area is 90.6 Å². The SMILES string of the molecule is O=c1[nH]c2ccc(F)cc2n1C1CCOC1. The maximum atomic E-state index is 13.2. The van der Waals surface area contributed by atoms with Crippen LogP contribution in [0.1, 0.15) is 12.5 Å². The number of imidazole rings is 1. The van der Waals surface area contributed by atoms with E-state index in [1.54, 1.807) is 10.6 Å². The molecule has 4 nitrogen and oxygen atoms in total. The highest BCUT2D eigenvalue weighted by atomic mass is 19.1. The first-order valence-corrected chi connectivity index (χ1v) is 5.23. The van der Waals surface area contributed by atoms with Gasteiger partial charge < -0.3 is 9.72 Å². The Bertz CT molecular complexity index is 581. The molecule has 1 aromatic carbocycles. The number of halogens is 1. The molecule has 1 saturated heterocycles. The number of hydrogen-bond acceptors (Lipinski definition) is 2. The molecule has 5 heteroatoms. The lowest BCUT2D eigenvalue weighted by atomic mass is 10.2. The largest absolute Gasteiger partial charge is 0.379 e. The molecule has 1 aliphatic rings. The van der Waals surface area contributed by atoms with E-state index in [-0.39, 0.29) is 17.5 Å². The first-order chi connectivity index (χ1) is 7.75. The Morgan fingerprint density at radius 1 is 1.50 bits per heavy atom. The van der Waals surface area contributed by atoms with E-state index < -0.39 is 0 Å². The van der Waals surface area contributed by atoms with Crippen LogP contribution in [-0.4, -0.2) is 22.8 Å². The lowest BCUT2D eigenvalue weighted by Crippen LogP contribution is -2.22. The molecule has 3 rings (SSSR count). The first-order valence-electron chi connectivity index (χ1n) is 5.23. The van der Waals surface area contributed by atoms with Crippen molar-refractivity contribution in [2.45, 2.75) is 12.5 Å². The van der Waals surface area contributed by atoms with Crippen LogP contribution in [0.15, 0.2) is 23.0 Å². The van der Waals surface area contributed by atoms with Gasteiger partial charge in [0.1, 0.15) is 5.82 Å². The van der Waals surface area contributed by atoms with Crippen molar-refractivity contribution in [2.24, 2.45) is 0 Å². The van der Waals surface area contributed by atoms with Crippen LogP contribution >= 0.6 is 0 Å². The predicted molar refractivity (Wildman–Crippen MR) is 57.0 cm³/mol. The Hall–Kier alpha value is -1.62. The summed E-state index contributed by atoms with van der Waals surface area (Å²) in [4.78, 5) is 14.5. The minimum atomic E-state index is -0.334. The highest BCUT2D eigenvalue weighted by Gasteiger charge is 2.21. The van der Waals surface area contributed by atoms with Gasteiger partial charge in [0.2, 0.25) is 0 Å². The number of aromatic nitrogens is 2. The van der Waals surface area contributed by atoms with Gasteiger partial charge in [0, 0.05) is 6.61 Å². The normalized spacial score (nSPS) is 20.7. The van der Waals surface area contributed by atoms with E-state index in [0.717, 1.165) is 6.42 Å². The van der Waals surface area contributed by atoms with Crippen LogP contribution < -0.4 is 5.69 Å². The molecule has 0 radical (unpaired) electrons. The molecule has 1 aromatic heterocycles. The van der Waals surface area contributed by atoms with Crippen molar-refractivity contribution in [3.8, 4) is 0 Å². The topological polar surface area (TPSA) is 47.0 Å². The van der Waals surface area contributed by atoms with Crippen molar-refractivity contribution in [1.29, 1.82) is 0 Å². The Morgan fingerprint density at radius 2 is 2.38 bits per heavy atom. The summed E-state index contributed by atoms with van der Waals surface area (Å²) in [6.45, 7) is 1.17. The molecular weight excluding hydrogens is 211 g/mol. The fraction of sp³-hybridized carbons (Fsp3) is 0.364. The molecule has 1 fully saturated rings. The summed E-state index contributed by atoms with van der Waals surface area (Å²) in [5.74, 6) is -0.334. The van der Waals surface area contributed by atoms with E-state index in [0.29, 0.717) is 24.2 Å². The van der Waals surface area contributed by atoms with Crippen LogP contribution in [0.2, 0.25) is 0 Å². The molecule has 1 atom stereocenters. The highest BCUT2D eigenvalue weighted by Crippen LogP contribution is 2.22. The molecule has 16 heavy (non-hydrogen) atoms. The summed E-state index contributed by atoms with van der Waals surface area (Å²) in [6.07, 6.45) is 0.795. The zero-order valence-corrected chi connectivity index (χ0v) is 8.57. The zero-order chi connectivity index (χ0) is 11.1. The van der Waals surface area contributed by atoms with Crippen molar-refractivity contribution in [3.63, 3.8) is 0 Å². The molecule has 2 heterocycles. The van der Waals surface area contributed by atoms with Crippen LogP contribution in [0.3, 0.4) is 0 Å². The molecule has 0 saturated carbocycles. The molecule has 1 N–H and O–H groups in total. The van der Waals surface area contributed by atoms with Gasteiger partial charge in [-0.15, -0.1) is 0 Å². The predicted octanol–water partition coefficient (Wildman–Crippen LogP) is 1.43. The molecule has 0 bridgehead atoms. The van der Waals surface area contributed by atoms with Crippen molar-refractivity contribution >= 4 is 11.0 Å². The minimum Gasteiger partial charge on any atom is -0.379 e. The van der Waals surface area contributed by atoms with Crippen LogP contribution in [0.5, 0.6) is 0 Å². The summed E-state index contributed by atoms with van der Waals surface area (Å²) < 4.78 is 20.0. The van der Waals surface area contributed by atoms with Gasteiger partial charge >= 0.3 is 5.69 Å². The van der Waals surface area contributed by atoms with Gasteiger partial charge in [0.25, 0.3) is 0 Å². The number of H-pyrrole nitrogens is 1. The zero-order valence-electron chi connectivity index (χ0n) is 8.57. The minimum absolute atomic E-state index is 0.0167. The standard InChI is InChI=1S/C11H11FN2O2/c12-7-1-2-9-10(5-7)14(11(15)13-9)8-3-4-16-6-8/h1-2,5,8H,3-4,6H2,(H,13,15). The smallest absolute Gasteiger partial charge is 0.326 e. The first kappa shape index (κ1) is 9.59. The van der Waals surface area contributed by atoms with Gasteiger partial charge in [-0.1, -0.05) is 0 Å². The van der Waals surface area contributed by atoms with E-state index >= 15 is 0 Å². The van der Waals surface area contributed by atoms with E-state index in [1.165, 1.54) is 12.1 Å². The molecular formula is C11H11FN2O2. The molecule has 0 aliphatic carbocycles. The van der Waals surface area contributed by atoms with E-state index in [4.69, 9.17) is 4.74 Å². The second-order valence-electron chi connectivity index (χ2n) is 3.98. The fourth-order valence-electron chi connectivity index (χ4n) is 2.18. The monoisotopic (exact) mass is 222 g/mol. The Kier molecular flexibility index (Phi) is 2.07. The number of hydrogen-bond donors (Lipinski definition) is 1. The average molecular weight is 222 g/mol. The molecule has 0 spiro atoms. The highest BCUT2D eigenvalue weighted by molar-refractivity contribution is 5.75.